The molecule has 4 nitrogen and oxygen atoms in total. The van der Waals surface area contributed by atoms with Crippen LogP contribution in [0.1, 0.15) is 64.2 Å². The van der Waals surface area contributed by atoms with Gasteiger partial charge in [-0.25, -0.2) is 0 Å². The zero-order chi connectivity index (χ0) is 12.4. The second-order valence-electron chi connectivity index (χ2n) is 7.29. The highest BCUT2D eigenvalue weighted by atomic mass is 16.6. The molecule has 0 spiro atoms. The van der Waals surface area contributed by atoms with Gasteiger partial charge in [0, 0.05) is 48.2 Å². The minimum absolute atomic E-state index is 0.318. The zero-order valence-corrected chi connectivity index (χ0v) is 10.9. The second-order valence-corrected chi connectivity index (χ2v) is 7.29. The van der Waals surface area contributed by atoms with E-state index in [1.807, 2.05) is 0 Å². The summed E-state index contributed by atoms with van der Waals surface area (Å²) in [6, 6.07) is 0. The van der Waals surface area contributed by atoms with E-state index in [4.69, 9.17) is 0 Å². The minimum Gasteiger partial charge on any atom is -0.567 e. The highest BCUT2D eigenvalue weighted by Crippen LogP contribution is 2.52. The third kappa shape index (κ3) is 1.27. The molecule has 0 aromatic rings. The molecule has 4 saturated carbocycles. The lowest BCUT2D eigenvalue weighted by molar-refractivity contribution is -1.02. The highest BCUT2D eigenvalue weighted by molar-refractivity contribution is 4.98. The maximum Gasteiger partial charge on any atom is 0.238 e. The van der Waals surface area contributed by atoms with Gasteiger partial charge >= 0.3 is 0 Å². The third-order valence-electron chi connectivity index (χ3n) is 6.39. The Hall–Kier alpha value is -0.800. The molecule has 100 valence electrons. The number of fused-ring (bicyclic) bond motifs is 4. The van der Waals surface area contributed by atoms with Crippen molar-refractivity contribution in [2.75, 3.05) is 0 Å². The highest BCUT2D eigenvalue weighted by Gasteiger charge is 2.61. The molecule has 0 aliphatic heterocycles. The normalized spacial score (nSPS) is 50.9. The van der Waals surface area contributed by atoms with Gasteiger partial charge in [0.1, 0.15) is 0 Å². The van der Waals surface area contributed by atoms with Crippen molar-refractivity contribution in [1.29, 1.82) is 0 Å². The van der Waals surface area contributed by atoms with Crippen LogP contribution in [0, 0.1) is 22.3 Å². The van der Waals surface area contributed by atoms with Crippen LogP contribution in [0.15, 0.2) is 0 Å². The molecule has 0 aromatic heterocycles. The number of hydroxylamine groups is 2. The summed E-state index contributed by atoms with van der Waals surface area (Å²) in [4.78, 5) is 1.79. The van der Waals surface area contributed by atoms with Crippen molar-refractivity contribution in [1.82, 2.24) is 0 Å². The van der Waals surface area contributed by atoms with Crippen LogP contribution in [0.25, 0.3) is 0 Å². The van der Waals surface area contributed by atoms with Gasteiger partial charge in [-0.1, -0.05) is 0 Å². The average Bonchev–Trinajstić information content (AvgIpc) is 3.16. The topological polar surface area (TPSA) is 52.1 Å². The van der Waals surface area contributed by atoms with Crippen LogP contribution in [0.3, 0.4) is 0 Å². The lowest BCUT2D eigenvalue weighted by Crippen LogP contribution is -2.47. The number of hydrogen-bond donors (Lipinski definition) is 0. The van der Waals surface area contributed by atoms with Crippen molar-refractivity contribution in [3.63, 3.8) is 0 Å². The van der Waals surface area contributed by atoms with E-state index < -0.39 is 0 Å². The van der Waals surface area contributed by atoms with E-state index in [9.17, 15) is 10.4 Å². The molecule has 0 atom stereocenters. The molecule has 0 aromatic carbocycles. The lowest BCUT2D eigenvalue weighted by atomic mass is 9.93. The smallest absolute Gasteiger partial charge is 0.238 e. The number of nitrogens with zero attached hydrogens (tertiary/aromatic N) is 2. The van der Waals surface area contributed by atoms with Gasteiger partial charge in [-0.15, -0.1) is 0 Å². The predicted molar refractivity (Wildman–Crippen MR) is 65.9 cm³/mol. The minimum atomic E-state index is -0.318. The Balaban J connectivity index is 1.70. The second kappa shape index (κ2) is 3.40. The molecule has 4 fully saturated rings. The SMILES string of the molecule is [O-]/[N+](=[N+](/[O-])C12CCC(CC1)C2)C12CCC(CC1)C2. The molecule has 4 bridgehead atoms. The fourth-order valence-electron chi connectivity index (χ4n) is 5.25. The van der Waals surface area contributed by atoms with Gasteiger partial charge in [0.25, 0.3) is 0 Å². The molecule has 4 heteroatoms. The van der Waals surface area contributed by atoms with Crippen LogP contribution < -0.4 is 0 Å². The van der Waals surface area contributed by atoms with Crippen molar-refractivity contribution in [3.05, 3.63) is 10.4 Å². The summed E-state index contributed by atoms with van der Waals surface area (Å²) in [6.45, 7) is 0. The van der Waals surface area contributed by atoms with E-state index in [1.54, 1.807) is 0 Å². The molecular formula is C14H22N2O2. The van der Waals surface area contributed by atoms with Crippen molar-refractivity contribution >= 4 is 0 Å². The van der Waals surface area contributed by atoms with Gasteiger partial charge in [-0.05, 0) is 37.5 Å². The fourth-order valence-corrected chi connectivity index (χ4v) is 5.25. The molecule has 4 aliphatic rings. The van der Waals surface area contributed by atoms with E-state index in [1.165, 1.54) is 0 Å². The summed E-state index contributed by atoms with van der Waals surface area (Å²) in [6.07, 6.45) is 10.3. The predicted octanol–water partition coefficient (Wildman–Crippen LogP) is 3.12. The first kappa shape index (κ1) is 11.1. The Bertz CT molecular complexity index is 364. The molecule has 4 rings (SSSR count). The molecule has 0 heterocycles. The lowest BCUT2D eigenvalue weighted by Gasteiger charge is -2.27. The van der Waals surface area contributed by atoms with Crippen LogP contribution >= 0.6 is 0 Å². The number of azo groups is 1. The molecule has 4 aliphatic carbocycles. The number of rotatable bonds is 2. The molecule has 0 amide bonds. The van der Waals surface area contributed by atoms with Gasteiger partial charge in [0.2, 0.25) is 11.1 Å². The maximum absolute atomic E-state index is 12.6. The summed E-state index contributed by atoms with van der Waals surface area (Å²) in [5, 5.41) is 25.2. The van der Waals surface area contributed by atoms with Gasteiger partial charge in [-0.2, -0.15) is 0 Å². The Labute approximate surface area is 108 Å². The largest absolute Gasteiger partial charge is 0.567 e. The summed E-state index contributed by atoms with van der Waals surface area (Å²) < 4.78 is 0. The van der Waals surface area contributed by atoms with Crippen molar-refractivity contribution in [3.8, 4) is 0 Å². The van der Waals surface area contributed by atoms with Crippen molar-refractivity contribution in [2.45, 2.75) is 75.3 Å². The first-order valence-corrected chi connectivity index (χ1v) is 7.58. The molecule has 0 saturated heterocycles. The van der Waals surface area contributed by atoms with Crippen LogP contribution in [-0.2, 0) is 0 Å². The van der Waals surface area contributed by atoms with Gasteiger partial charge in [-0.3, -0.25) is 0 Å². The molecule has 0 N–H and O–H groups in total. The summed E-state index contributed by atoms with van der Waals surface area (Å²) in [5.41, 5.74) is -0.635. The van der Waals surface area contributed by atoms with Crippen molar-refractivity contribution in [2.24, 2.45) is 11.8 Å². The Kier molecular flexibility index (Phi) is 2.09. The Morgan fingerprint density at radius 2 is 1.00 bits per heavy atom. The van der Waals surface area contributed by atoms with Crippen LogP contribution in [-0.4, -0.2) is 20.8 Å². The zero-order valence-electron chi connectivity index (χ0n) is 10.9. The van der Waals surface area contributed by atoms with E-state index >= 15 is 0 Å². The Morgan fingerprint density at radius 1 is 0.667 bits per heavy atom. The number of hydrogen-bond acceptors (Lipinski definition) is 2. The van der Waals surface area contributed by atoms with E-state index in [2.05, 4.69) is 0 Å². The van der Waals surface area contributed by atoms with Gasteiger partial charge in [0.15, 0.2) is 0 Å². The third-order valence-corrected chi connectivity index (χ3v) is 6.39. The summed E-state index contributed by atoms with van der Waals surface area (Å²) >= 11 is 0. The maximum atomic E-state index is 12.6. The van der Waals surface area contributed by atoms with Crippen LogP contribution in [0.4, 0.5) is 0 Å². The van der Waals surface area contributed by atoms with Gasteiger partial charge in [0.05, 0.1) is 0 Å². The first-order valence-electron chi connectivity index (χ1n) is 7.58. The quantitative estimate of drug-likeness (QED) is 0.429. The standard InChI is InChI=1S/C14H22N2O2/c17-15(13-5-1-11(9-13)2-6-13)16(18)14-7-3-12(10-14)4-8-14/h11-12H,1-10H2/b16-15+. The average molecular weight is 250 g/mol. The molecule has 0 unspecified atom stereocenters. The fraction of sp³-hybridized carbons (Fsp3) is 1.00. The Morgan fingerprint density at radius 3 is 1.22 bits per heavy atom. The molecule has 0 radical (unpaired) electrons. The van der Waals surface area contributed by atoms with Crippen LogP contribution in [0.5, 0.6) is 0 Å². The molecule has 18 heavy (non-hydrogen) atoms. The monoisotopic (exact) mass is 250 g/mol. The summed E-state index contributed by atoms with van der Waals surface area (Å²) in [5.74, 6) is 1.43. The van der Waals surface area contributed by atoms with Gasteiger partial charge < -0.3 is 10.4 Å². The van der Waals surface area contributed by atoms with E-state index in [0.29, 0.717) is 11.8 Å². The van der Waals surface area contributed by atoms with Crippen LogP contribution in [0.2, 0.25) is 0 Å². The first-order chi connectivity index (χ1) is 8.64. The van der Waals surface area contributed by atoms with Crippen molar-refractivity contribution < 1.29 is 9.72 Å². The van der Waals surface area contributed by atoms with E-state index in [0.717, 1.165) is 73.9 Å². The summed E-state index contributed by atoms with van der Waals surface area (Å²) in [7, 11) is 0. The van der Waals surface area contributed by atoms with E-state index in [-0.39, 0.29) is 11.1 Å². The molecular weight excluding hydrogens is 228 g/mol.